The van der Waals surface area contributed by atoms with Gasteiger partial charge >= 0.3 is 0 Å². The molecule has 0 aromatic heterocycles. The van der Waals surface area contributed by atoms with Crippen LogP contribution in [0.2, 0.25) is 0 Å². The number of hydrogen-bond acceptors (Lipinski definition) is 3. The van der Waals surface area contributed by atoms with Crippen molar-refractivity contribution >= 4 is 0 Å². The molecular weight excluding hydrogens is 248 g/mol. The molecular formula is C17H26N2O. The molecule has 0 spiro atoms. The third-order valence-electron chi connectivity index (χ3n) is 4.65. The van der Waals surface area contributed by atoms with Crippen molar-refractivity contribution in [3.05, 3.63) is 29.8 Å². The van der Waals surface area contributed by atoms with Gasteiger partial charge in [0.25, 0.3) is 0 Å². The van der Waals surface area contributed by atoms with E-state index in [2.05, 4.69) is 41.4 Å². The van der Waals surface area contributed by atoms with E-state index in [1.807, 2.05) is 0 Å². The molecule has 2 atom stereocenters. The van der Waals surface area contributed by atoms with Crippen molar-refractivity contribution in [2.45, 2.75) is 50.7 Å². The van der Waals surface area contributed by atoms with Gasteiger partial charge in [-0.3, -0.25) is 4.90 Å². The van der Waals surface area contributed by atoms with Gasteiger partial charge in [0, 0.05) is 24.7 Å². The second-order valence-electron chi connectivity index (χ2n) is 6.22. The van der Waals surface area contributed by atoms with Crippen LogP contribution in [0.25, 0.3) is 0 Å². The summed E-state index contributed by atoms with van der Waals surface area (Å²) in [7, 11) is 1.72. The van der Waals surface area contributed by atoms with E-state index in [9.17, 15) is 0 Å². The first kappa shape index (κ1) is 13.9. The standard InChI is InChI=1S/C17H26N2O/c1-13(14-5-9-17(20-2)10-6-14)19-11-3-4-16(12-19)18-15-7-8-15/h5-6,9-10,13,15-16,18H,3-4,7-8,11-12H2,1-2H3. The van der Waals surface area contributed by atoms with E-state index in [0.29, 0.717) is 12.1 Å². The Bertz CT molecular complexity index is 427. The number of ether oxygens (including phenoxy) is 1. The van der Waals surface area contributed by atoms with Crippen molar-refractivity contribution in [1.82, 2.24) is 10.2 Å². The molecule has 1 saturated carbocycles. The van der Waals surface area contributed by atoms with Crippen molar-refractivity contribution in [3.63, 3.8) is 0 Å². The minimum Gasteiger partial charge on any atom is -0.497 e. The molecule has 3 heteroatoms. The minimum atomic E-state index is 0.490. The molecule has 1 aromatic carbocycles. The van der Waals surface area contributed by atoms with Crippen molar-refractivity contribution < 1.29 is 4.74 Å². The summed E-state index contributed by atoms with van der Waals surface area (Å²) < 4.78 is 5.24. The van der Waals surface area contributed by atoms with Crippen molar-refractivity contribution in [2.24, 2.45) is 0 Å². The van der Waals surface area contributed by atoms with Gasteiger partial charge in [0.05, 0.1) is 7.11 Å². The van der Waals surface area contributed by atoms with Gasteiger partial charge in [-0.25, -0.2) is 0 Å². The van der Waals surface area contributed by atoms with E-state index < -0.39 is 0 Å². The molecule has 2 unspecified atom stereocenters. The molecule has 3 rings (SSSR count). The number of methoxy groups -OCH3 is 1. The van der Waals surface area contributed by atoms with Crippen LogP contribution in [-0.2, 0) is 0 Å². The summed E-state index contributed by atoms with van der Waals surface area (Å²) in [5, 5.41) is 3.79. The average Bonchev–Trinajstić information content (AvgIpc) is 3.31. The molecule has 1 heterocycles. The molecule has 1 aromatic rings. The number of likely N-dealkylation sites (tertiary alicyclic amines) is 1. The van der Waals surface area contributed by atoms with Crippen LogP contribution in [0.5, 0.6) is 5.75 Å². The van der Waals surface area contributed by atoms with E-state index in [1.165, 1.54) is 44.3 Å². The van der Waals surface area contributed by atoms with Gasteiger partial charge in [0.15, 0.2) is 0 Å². The van der Waals surface area contributed by atoms with Gasteiger partial charge in [-0.2, -0.15) is 0 Å². The fourth-order valence-corrected chi connectivity index (χ4v) is 3.17. The van der Waals surface area contributed by atoms with Crippen LogP contribution in [0.15, 0.2) is 24.3 Å². The SMILES string of the molecule is COc1ccc(C(C)N2CCCC(NC3CC3)C2)cc1. The Hall–Kier alpha value is -1.06. The predicted octanol–water partition coefficient (Wildman–Crippen LogP) is 2.97. The number of nitrogens with zero attached hydrogens (tertiary/aromatic N) is 1. The second-order valence-corrected chi connectivity index (χ2v) is 6.22. The van der Waals surface area contributed by atoms with E-state index in [4.69, 9.17) is 4.74 Å². The fraction of sp³-hybridized carbons (Fsp3) is 0.647. The highest BCUT2D eigenvalue weighted by Crippen LogP contribution is 2.27. The lowest BCUT2D eigenvalue weighted by atomic mass is 10.00. The largest absolute Gasteiger partial charge is 0.497 e. The first-order valence-corrected chi connectivity index (χ1v) is 7.90. The van der Waals surface area contributed by atoms with Gasteiger partial charge < -0.3 is 10.1 Å². The summed E-state index contributed by atoms with van der Waals surface area (Å²) >= 11 is 0. The van der Waals surface area contributed by atoms with Crippen LogP contribution in [0.3, 0.4) is 0 Å². The van der Waals surface area contributed by atoms with E-state index >= 15 is 0 Å². The topological polar surface area (TPSA) is 24.5 Å². The Morgan fingerprint density at radius 2 is 1.90 bits per heavy atom. The average molecular weight is 274 g/mol. The molecule has 1 aliphatic heterocycles. The monoisotopic (exact) mass is 274 g/mol. The molecule has 3 nitrogen and oxygen atoms in total. The minimum absolute atomic E-state index is 0.490. The zero-order valence-corrected chi connectivity index (χ0v) is 12.6. The maximum Gasteiger partial charge on any atom is 0.118 e. The van der Waals surface area contributed by atoms with Gasteiger partial charge in [-0.1, -0.05) is 12.1 Å². The number of hydrogen-bond donors (Lipinski definition) is 1. The quantitative estimate of drug-likeness (QED) is 0.893. The Labute approximate surface area is 122 Å². The highest BCUT2D eigenvalue weighted by molar-refractivity contribution is 5.29. The third-order valence-corrected chi connectivity index (χ3v) is 4.65. The van der Waals surface area contributed by atoms with Gasteiger partial charge in [0.1, 0.15) is 5.75 Å². The lowest BCUT2D eigenvalue weighted by Gasteiger charge is -2.37. The lowest BCUT2D eigenvalue weighted by Crippen LogP contribution is -2.47. The lowest BCUT2D eigenvalue weighted by molar-refractivity contribution is 0.145. The summed E-state index contributed by atoms with van der Waals surface area (Å²) in [5.41, 5.74) is 1.39. The molecule has 0 radical (unpaired) electrons. The highest BCUT2D eigenvalue weighted by Gasteiger charge is 2.29. The molecule has 2 aliphatic rings. The summed E-state index contributed by atoms with van der Waals surface area (Å²) in [5.74, 6) is 0.938. The van der Waals surface area contributed by atoms with Crippen LogP contribution in [0, 0.1) is 0 Å². The maximum atomic E-state index is 5.24. The number of piperidine rings is 1. The highest BCUT2D eigenvalue weighted by atomic mass is 16.5. The normalized spacial score (nSPS) is 25.4. The first-order chi connectivity index (χ1) is 9.76. The predicted molar refractivity (Wildman–Crippen MR) is 82.2 cm³/mol. The Morgan fingerprint density at radius 3 is 2.55 bits per heavy atom. The van der Waals surface area contributed by atoms with Gasteiger partial charge in [-0.05, 0) is 56.8 Å². The van der Waals surface area contributed by atoms with Crippen LogP contribution < -0.4 is 10.1 Å². The maximum absolute atomic E-state index is 5.24. The molecule has 1 N–H and O–H groups in total. The van der Waals surface area contributed by atoms with Crippen LogP contribution >= 0.6 is 0 Å². The molecule has 110 valence electrons. The Morgan fingerprint density at radius 1 is 1.15 bits per heavy atom. The Balaban J connectivity index is 1.60. The van der Waals surface area contributed by atoms with E-state index in [1.54, 1.807) is 7.11 Å². The molecule has 2 fully saturated rings. The summed E-state index contributed by atoms with van der Waals surface area (Å²) in [4.78, 5) is 2.62. The molecule has 1 saturated heterocycles. The molecule has 1 aliphatic carbocycles. The zero-order chi connectivity index (χ0) is 13.9. The summed E-state index contributed by atoms with van der Waals surface area (Å²) in [6, 6.07) is 10.5. The van der Waals surface area contributed by atoms with Crippen molar-refractivity contribution in [3.8, 4) is 5.75 Å². The molecule has 0 bridgehead atoms. The summed E-state index contributed by atoms with van der Waals surface area (Å²) in [6.45, 7) is 4.72. The van der Waals surface area contributed by atoms with Crippen molar-refractivity contribution in [2.75, 3.05) is 20.2 Å². The number of nitrogens with one attached hydrogen (secondary N) is 1. The fourth-order valence-electron chi connectivity index (χ4n) is 3.17. The molecule has 0 amide bonds. The summed E-state index contributed by atoms with van der Waals surface area (Å²) in [6.07, 6.45) is 5.41. The van der Waals surface area contributed by atoms with Crippen LogP contribution in [0.1, 0.15) is 44.2 Å². The van der Waals surface area contributed by atoms with E-state index in [0.717, 1.165) is 11.8 Å². The second kappa shape index (κ2) is 6.15. The zero-order valence-electron chi connectivity index (χ0n) is 12.6. The van der Waals surface area contributed by atoms with Gasteiger partial charge in [0.2, 0.25) is 0 Å². The first-order valence-electron chi connectivity index (χ1n) is 7.90. The van der Waals surface area contributed by atoms with Crippen LogP contribution in [-0.4, -0.2) is 37.2 Å². The van der Waals surface area contributed by atoms with Crippen molar-refractivity contribution in [1.29, 1.82) is 0 Å². The Kier molecular flexibility index (Phi) is 4.27. The van der Waals surface area contributed by atoms with E-state index in [-0.39, 0.29) is 0 Å². The number of rotatable bonds is 5. The molecule has 20 heavy (non-hydrogen) atoms. The van der Waals surface area contributed by atoms with Crippen LogP contribution in [0.4, 0.5) is 0 Å². The smallest absolute Gasteiger partial charge is 0.118 e. The number of benzene rings is 1. The third kappa shape index (κ3) is 3.33. The van der Waals surface area contributed by atoms with Gasteiger partial charge in [-0.15, -0.1) is 0 Å².